The van der Waals surface area contributed by atoms with Crippen molar-refractivity contribution in [2.24, 2.45) is 5.92 Å². The third-order valence-corrected chi connectivity index (χ3v) is 5.39. The number of likely N-dealkylation sites (N-methyl/N-ethyl adjacent to an activating group) is 1. The number of Topliss-reactive ketones (excluding diaryl/α,β-unsaturated/α-hetero) is 1. The Balaban J connectivity index is 1.82. The molecule has 0 radical (unpaired) electrons. The summed E-state index contributed by atoms with van der Waals surface area (Å²) in [7, 11) is 1.26. The molecule has 0 bridgehead atoms. The molecule has 172 valence electrons. The van der Waals surface area contributed by atoms with Crippen molar-refractivity contribution in [1.29, 1.82) is 0 Å². The van der Waals surface area contributed by atoms with Crippen LogP contribution in [0.4, 0.5) is 14.9 Å². The Kier molecular flexibility index (Phi) is 7.29. The summed E-state index contributed by atoms with van der Waals surface area (Å²) < 4.78 is 19.0. The minimum atomic E-state index is -1.33. The Morgan fingerprint density at radius 1 is 1.25 bits per heavy atom. The zero-order valence-corrected chi connectivity index (χ0v) is 17.9. The topological polar surface area (TPSA) is 143 Å². The van der Waals surface area contributed by atoms with Crippen molar-refractivity contribution in [3.8, 4) is 0 Å². The van der Waals surface area contributed by atoms with Crippen LogP contribution < -0.4 is 21.3 Å². The zero-order valence-electron chi connectivity index (χ0n) is 17.1. The number of hydrogen-bond acceptors (Lipinski definition) is 6. The summed E-state index contributed by atoms with van der Waals surface area (Å²) in [6, 6.07) is 0.514. The highest BCUT2D eigenvalue weighted by Gasteiger charge is 2.34. The van der Waals surface area contributed by atoms with Gasteiger partial charge in [0.1, 0.15) is 11.9 Å². The monoisotopic (exact) mass is 468 g/mol. The maximum Gasteiger partial charge on any atom is 0.411 e. The number of hydrogen-bond donors (Lipinski definition) is 4. The molecule has 2 atom stereocenters. The molecule has 4 amide bonds. The number of amides is 4. The minimum Gasteiger partial charge on any atom is -0.446 e. The number of rotatable bonds is 8. The molecule has 2 fully saturated rings. The molecule has 1 aliphatic carbocycles. The standard InChI is InChI=1S/C20H22ClFN4O6/c1-23-19(30)16(27)15(6-9-4-5-24-17(9)28)25-18(29)11-7-12(21)13(22)8-14(11)26-20(31)32-10-2-3-10/h7-10,15H,2-6H2,1H3,(H,23,30)(H,24,28)(H,25,29)(H,26,31). The first-order valence-electron chi connectivity index (χ1n) is 10.0. The molecule has 2 aliphatic rings. The van der Waals surface area contributed by atoms with E-state index >= 15 is 0 Å². The van der Waals surface area contributed by atoms with Crippen LogP contribution in [0.15, 0.2) is 12.1 Å². The highest BCUT2D eigenvalue weighted by Crippen LogP contribution is 2.27. The van der Waals surface area contributed by atoms with Crippen molar-refractivity contribution in [3.05, 3.63) is 28.5 Å². The lowest BCUT2D eigenvalue weighted by Crippen LogP contribution is -2.48. The third kappa shape index (κ3) is 5.72. The van der Waals surface area contributed by atoms with E-state index in [0.717, 1.165) is 12.1 Å². The molecule has 0 aromatic heterocycles. The fourth-order valence-corrected chi connectivity index (χ4v) is 3.38. The van der Waals surface area contributed by atoms with Gasteiger partial charge in [-0.05, 0) is 37.8 Å². The van der Waals surface area contributed by atoms with Crippen molar-refractivity contribution < 1.29 is 33.1 Å². The van der Waals surface area contributed by atoms with Gasteiger partial charge in [0.25, 0.3) is 11.8 Å². The van der Waals surface area contributed by atoms with Gasteiger partial charge in [-0.2, -0.15) is 0 Å². The van der Waals surface area contributed by atoms with E-state index in [1.807, 2.05) is 0 Å². The van der Waals surface area contributed by atoms with Crippen molar-refractivity contribution in [3.63, 3.8) is 0 Å². The number of carbonyl (C=O) groups excluding carboxylic acids is 5. The minimum absolute atomic E-state index is 0.106. The van der Waals surface area contributed by atoms with Crippen LogP contribution in [0.5, 0.6) is 0 Å². The van der Waals surface area contributed by atoms with Crippen LogP contribution in [-0.2, 0) is 19.1 Å². The molecule has 1 saturated heterocycles. The van der Waals surface area contributed by atoms with Crippen molar-refractivity contribution in [2.45, 2.75) is 37.8 Å². The van der Waals surface area contributed by atoms with Crippen LogP contribution in [0.25, 0.3) is 0 Å². The van der Waals surface area contributed by atoms with Crippen LogP contribution in [0.2, 0.25) is 5.02 Å². The first-order chi connectivity index (χ1) is 15.2. The predicted molar refractivity (Wildman–Crippen MR) is 111 cm³/mol. The normalized spacial score (nSPS) is 18.3. The van der Waals surface area contributed by atoms with E-state index in [1.165, 1.54) is 7.05 Å². The van der Waals surface area contributed by atoms with E-state index in [9.17, 15) is 28.4 Å². The van der Waals surface area contributed by atoms with E-state index in [-0.39, 0.29) is 34.7 Å². The molecule has 0 spiro atoms. The summed E-state index contributed by atoms with van der Waals surface area (Å²) in [5, 5.41) is 9.13. The number of ketones is 1. The van der Waals surface area contributed by atoms with Gasteiger partial charge in [0.05, 0.1) is 22.3 Å². The second-order valence-electron chi connectivity index (χ2n) is 7.52. The second kappa shape index (κ2) is 9.94. The largest absolute Gasteiger partial charge is 0.446 e. The zero-order chi connectivity index (χ0) is 23.4. The first kappa shape index (κ1) is 23.5. The van der Waals surface area contributed by atoms with Crippen molar-refractivity contribution in [1.82, 2.24) is 16.0 Å². The van der Waals surface area contributed by atoms with Gasteiger partial charge >= 0.3 is 6.09 Å². The van der Waals surface area contributed by atoms with E-state index in [2.05, 4.69) is 21.3 Å². The molecule has 1 saturated carbocycles. The maximum atomic E-state index is 14.0. The fraction of sp³-hybridized carbons (Fsp3) is 0.450. The molecule has 3 rings (SSSR count). The van der Waals surface area contributed by atoms with Crippen molar-refractivity contribution >= 4 is 46.9 Å². The van der Waals surface area contributed by atoms with Gasteiger partial charge in [-0.15, -0.1) is 0 Å². The summed E-state index contributed by atoms with van der Waals surface area (Å²) >= 11 is 5.81. The first-order valence-corrected chi connectivity index (χ1v) is 10.4. The lowest BCUT2D eigenvalue weighted by atomic mass is 9.95. The fourth-order valence-electron chi connectivity index (χ4n) is 3.22. The van der Waals surface area contributed by atoms with E-state index in [4.69, 9.17) is 16.3 Å². The molecule has 1 heterocycles. The molecular formula is C20H22ClFN4O6. The number of anilines is 1. The smallest absolute Gasteiger partial charge is 0.411 e. The Hall–Kier alpha value is -3.21. The highest BCUT2D eigenvalue weighted by atomic mass is 35.5. The molecule has 4 N–H and O–H groups in total. The average molecular weight is 469 g/mol. The van der Waals surface area contributed by atoms with Crippen molar-refractivity contribution in [2.75, 3.05) is 18.9 Å². The lowest BCUT2D eigenvalue weighted by molar-refractivity contribution is -0.139. The molecule has 1 aliphatic heterocycles. The third-order valence-electron chi connectivity index (χ3n) is 5.10. The van der Waals surface area contributed by atoms with E-state index < -0.39 is 41.5 Å². The number of benzene rings is 1. The van der Waals surface area contributed by atoms with Crippen LogP contribution in [0, 0.1) is 11.7 Å². The van der Waals surface area contributed by atoms with Crippen LogP contribution >= 0.6 is 11.6 Å². The van der Waals surface area contributed by atoms with Gasteiger partial charge in [-0.1, -0.05) is 11.6 Å². The average Bonchev–Trinajstić information content (AvgIpc) is 3.47. The number of halogens is 2. The Morgan fingerprint density at radius 2 is 1.97 bits per heavy atom. The second-order valence-corrected chi connectivity index (χ2v) is 7.93. The summed E-state index contributed by atoms with van der Waals surface area (Å²) in [6.07, 6.45) is 0.668. The molecule has 1 aromatic rings. The summed E-state index contributed by atoms with van der Waals surface area (Å²) in [5.74, 6) is -4.53. The van der Waals surface area contributed by atoms with Crippen LogP contribution in [-0.4, -0.2) is 55.3 Å². The van der Waals surface area contributed by atoms with Gasteiger partial charge in [0, 0.05) is 19.5 Å². The summed E-state index contributed by atoms with van der Waals surface area (Å²) in [6.45, 7) is 0.420. The maximum absolute atomic E-state index is 14.0. The number of carbonyl (C=O) groups is 5. The van der Waals surface area contributed by atoms with Gasteiger partial charge in [0.15, 0.2) is 0 Å². The molecule has 2 unspecified atom stereocenters. The summed E-state index contributed by atoms with van der Waals surface area (Å²) in [4.78, 5) is 61.3. The molecule has 1 aromatic carbocycles. The molecule has 32 heavy (non-hydrogen) atoms. The highest BCUT2D eigenvalue weighted by molar-refractivity contribution is 6.38. The Labute approximate surface area is 187 Å². The van der Waals surface area contributed by atoms with Crippen LogP contribution in [0.1, 0.15) is 36.0 Å². The van der Waals surface area contributed by atoms with Gasteiger partial charge < -0.3 is 20.7 Å². The van der Waals surface area contributed by atoms with E-state index in [0.29, 0.717) is 25.8 Å². The Bertz CT molecular complexity index is 968. The molecular weight excluding hydrogens is 447 g/mol. The summed E-state index contributed by atoms with van der Waals surface area (Å²) in [5.41, 5.74) is -0.463. The Morgan fingerprint density at radius 3 is 2.56 bits per heavy atom. The molecule has 12 heteroatoms. The van der Waals surface area contributed by atoms with Gasteiger partial charge in [0.2, 0.25) is 11.7 Å². The van der Waals surface area contributed by atoms with Crippen LogP contribution in [0.3, 0.4) is 0 Å². The molecule has 10 nitrogen and oxygen atoms in total. The van der Waals surface area contributed by atoms with Gasteiger partial charge in [-0.25, -0.2) is 9.18 Å². The lowest BCUT2D eigenvalue weighted by Gasteiger charge is -2.20. The quantitative estimate of drug-likeness (QED) is 0.421. The number of ether oxygens (including phenoxy) is 1. The number of nitrogens with one attached hydrogen (secondary N) is 4. The van der Waals surface area contributed by atoms with E-state index in [1.54, 1.807) is 0 Å². The van der Waals surface area contributed by atoms with Gasteiger partial charge in [-0.3, -0.25) is 24.5 Å². The predicted octanol–water partition coefficient (Wildman–Crippen LogP) is 1.13. The SMILES string of the molecule is CNC(=O)C(=O)C(CC1CCNC1=O)NC(=O)c1cc(Cl)c(F)cc1NC(=O)OC1CC1.